The van der Waals surface area contributed by atoms with Crippen molar-refractivity contribution in [2.24, 2.45) is 0 Å². The molecule has 0 radical (unpaired) electrons. The van der Waals surface area contributed by atoms with Gasteiger partial charge in [-0.1, -0.05) is 25.1 Å². The van der Waals surface area contributed by atoms with Crippen molar-refractivity contribution in [2.75, 3.05) is 46.0 Å². The summed E-state index contributed by atoms with van der Waals surface area (Å²) < 4.78 is 63.2. The summed E-state index contributed by atoms with van der Waals surface area (Å²) >= 11 is 0. The van der Waals surface area contributed by atoms with E-state index in [1.54, 1.807) is 52.0 Å². The predicted octanol–water partition coefficient (Wildman–Crippen LogP) is 4.13. The zero-order chi connectivity index (χ0) is 28.4. The number of fused-ring (bicyclic) bond motifs is 1. The van der Waals surface area contributed by atoms with Crippen LogP contribution in [0.4, 0.5) is 13.2 Å². The predicted molar refractivity (Wildman–Crippen MR) is 134 cm³/mol. The molecule has 1 saturated heterocycles. The van der Waals surface area contributed by atoms with Crippen LogP contribution in [-0.4, -0.2) is 78.9 Å². The Hall–Kier alpha value is -3.38. The standard InChI is InChI=1S/C27H32F3N3O6/c1-17(2)38-25(35)20-15-33(16-26(3,4)23-21(20)22(31-39-23)27(28,29)30)24(34)18-6-5-7-19(14-18)37-13-10-32-8-11-36-12-9-32/h5-7,14-15,17H,8-13,16H2,1-4H3. The van der Waals surface area contributed by atoms with Crippen LogP contribution in [0.5, 0.6) is 5.75 Å². The molecule has 1 aromatic carbocycles. The zero-order valence-electron chi connectivity index (χ0n) is 22.3. The average molecular weight is 552 g/mol. The van der Waals surface area contributed by atoms with Gasteiger partial charge >= 0.3 is 12.1 Å². The van der Waals surface area contributed by atoms with Crippen LogP contribution in [0.2, 0.25) is 0 Å². The van der Waals surface area contributed by atoms with Gasteiger partial charge in [-0.05, 0) is 32.0 Å². The van der Waals surface area contributed by atoms with Gasteiger partial charge < -0.3 is 23.6 Å². The van der Waals surface area contributed by atoms with Gasteiger partial charge in [0.25, 0.3) is 5.91 Å². The Bertz CT molecular complexity index is 1230. The Morgan fingerprint density at radius 2 is 1.90 bits per heavy atom. The number of rotatable bonds is 7. The number of amides is 1. The fourth-order valence-corrected chi connectivity index (χ4v) is 4.52. The molecule has 212 valence electrons. The first-order valence-electron chi connectivity index (χ1n) is 12.7. The van der Waals surface area contributed by atoms with Crippen LogP contribution < -0.4 is 4.74 Å². The van der Waals surface area contributed by atoms with Crippen molar-refractivity contribution in [3.8, 4) is 5.75 Å². The van der Waals surface area contributed by atoms with E-state index >= 15 is 0 Å². The molecule has 0 N–H and O–H groups in total. The number of alkyl halides is 3. The minimum atomic E-state index is -4.89. The summed E-state index contributed by atoms with van der Waals surface area (Å²) in [6.07, 6.45) is -4.40. The Morgan fingerprint density at radius 3 is 2.56 bits per heavy atom. The lowest BCUT2D eigenvalue weighted by Gasteiger charge is -2.27. The smallest absolute Gasteiger partial charge is 0.437 e. The summed E-state index contributed by atoms with van der Waals surface area (Å²) in [6.45, 7) is 10.4. The lowest BCUT2D eigenvalue weighted by atomic mass is 9.86. The number of carbonyl (C=O) groups is 2. The molecule has 4 rings (SSSR count). The quantitative estimate of drug-likeness (QED) is 0.475. The van der Waals surface area contributed by atoms with E-state index in [0.29, 0.717) is 32.1 Å². The van der Waals surface area contributed by atoms with Crippen LogP contribution in [-0.2, 0) is 25.9 Å². The first-order valence-corrected chi connectivity index (χ1v) is 12.7. The van der Waals surface area contributed by atoms with Crippen LogP contribution >= 0.6 is 0 Å². The number of esters is 1. The molecular formula is C27H32F3N3O6. The highest BCUT2D eigenvalue weighted by molar-refractivity contribution is 6.18. The molecule has 2 aromatic rings. The average Bonchev–Trinajstić information content (AvgIpc) is 3.29. The van der Waals surface area contributed by atoms with Crippen LogP contribution in [0.25, 0.3) is 5.57 Å². The molecule has 39 heavy (non-hydrogen) atoms. The van der Waals surface area contributed by atoms with Crippen LogP contribution in [0.3, 0.4) is 0 Å². The van der Waals surface area contributed by atoms with E-state index in [4.69, 9.17) is 18.7 Å². The third kappa shape index (κ3) is 6.62. The number of morpholine rings is 1. The molecule has 0 spiro atoms. The molecule has 0 saturated carbocycles. The molecule has 0 unspecified atom stereocenters. The topological polar surface area (TPSA) is 94.3 Å². The Morgan fingerprint density at radius 1 is 1.18 bits per heavy atom. The van der Waals surface area contributed by atoms with Crippen molar-refractivity contribution in [2.45, 2.75) is 45.4 Å². The third-order valence-electron chi connectivity index (χ3n) is 6.38. The van der Waals surface area contributed by atoms with Gasteiger partial charge in [-0.3, -0.25) is 9.69 Å². The summed E-state index contributed by atoms with van der Waals surface area (Å²) in [5.74, 6) is -1.22. The maximum absolute atomic E-state index is 13.9. The van der Waals surface area contributed by atoms with Crippen LogP contribution in [0, 0.1) is 0 Å². The number of nitrogens with zero attached hydrogens (tertiary/aromatic N) is 3. The Labute approximate surface area is 224 Å². The minimum Gasteiger partial charge on any atom is -0.492 e. The SMILES string of the molecule is CC(C)OC(=O)C1=CN(C(=O)c2cccc(OCCN3CCOCC3)c2)CC(C)(C)c2onc(C(F)(F)F)c21. The third-order valence-corrected chi connectivity index (χ3v) is 6.38. The lowest BCUT2D eigenvalue weighted by Crippen LogP contribution is -2.38. The molecule has 2 aliphatic rings. The van der Waals surface area contributed by atoms with E-state index < -0.39 is 46.4 Å². The van der Waals surface area contributed by atoms with Crippen molar-refractivity contribution < 1.29 is 41.5 Å². The first-order chi connectivity index (χ1) is 18.4. The largest absolute Gasteiger partial charge is 0.492 e. The molecule has 3 heterocycles. The van der Waals surface area contributed by atoms with E-state index in [1.807, 2.05) is 0 Å². The van der Waals surface area contributed by atoms with Gasteiger partial charge in [0, 0.05) is 43.4 Å². The number of hydrogen-bond acceptors (Lipinski definition) is 8. The molecule has 0 aliphatic carbocycles. The van der Waals surface area contributed by atoms with Gasteiger partial charge in [-0.2, -0.15) is 13.2 Å². The number of ether oxygens (including phenoxy) is 3. The lowest BCUT2D eigenvalue weighted by molar-refractivity contribution is -0.143. The maximum Gasteiger partial charge on any atom is 0.437 e. The highest BCUT2D eigenvalue weighted by atomic mass is 19.4. The molecule has 12 heteroatoms. The highest BCUT2D eigenvalue weighted by Crippen LogP contribution is 2.43. The van der Waals surface area contributed by atoms with Crippen LogP contribution in [0.1, 0.15) is 55.1 Å². The zero-order valence-corrected chi connectivity index (χ0v) is 22.3. The van der Waals surface area contributed by atoms with E-state index in [9.17, 15) is 22.8 Å². The monoisotopic (exact) mass is 551 g/mol. The van der Waals surface area contributed by atoms with Gasteiger partial charge in [0.15, 0.2) is 11.5 Å². The van der Waals surface area contributed by atoms with Gasteiger partial charge in [0.2, 0.25) is 0 Å². The van der Waals surface area contributed by atoms with Gasteiger partial charge in [0.1, 0.15) is 12.4 Å². The van der Waals surface area contributed by atoms with Crippen molar-refractivity contribution in [1.82, 2.24) is 15.0 Å². The number of benzene rings is 1. The molecular weight excluding hydrogens is 519 g/mol. The summed E-state index contributed by atoms with van der Waals surface area (Å²) in [4.78, 5) is 30.1. The normalized spacial score (nSPS) is 17.8. The molecule has 2 aliphatic heterocycles. The van der Waals surface area contributed by atoms with E-state index in [0.717, 1.165) is 19.3 Å². The minimum absolute atomic E-state index is 0.0775. The molecule has 0 atom stereocenters. The fraction of sp³-hybridized carbons (Fsp3) is 0.519. The fourth-order valence-electron chi connectivity index (χ4n) is 4.52. The number of aromatic nitrogens is 1. The summed E-state index contributed by atoms with van der Waals surface area (Å²) in [7, 11) is 0. The maximum atomic E-state index is 13.9. The van der Waals surface area contributed by atoms with E-state index in [1.165, 1.54) is 4.90 Å². The molecule has 1 aromatic heterocycles. The highest BCUT2D eigenvalue weighted by Gasteiger charge is 2.47. The number of carbonyl (C=O) groups excluding carboxylic acids is 2. The molecule has 0 bridgehead atoms. The molecule has 9 nitrogen and oxygen atoms in total. The van der Waals surface area contributed by atoms with Crippen LogP contribution in [0.15, 0.2) is 35.0 Å². The second kappa shape index (κ2) is 11.4. The van der Waals surface area contributed by atoms with Crippen molar-refractivity contribution in [3.05, 3.63) is 53.0 Å². The number of halogens is 3. The van der Waals surface area contributed by atoms with Crippen molar-refractivity contribution in [3.63, 3.8) is 0 Å². The second-order valence-corrected chi connectivity index (χ2v) is 10.4. The number of hydrogen-bond donors (Lipinski definition) is 0. The van der Waals surface area contributed by atoms with Crippen molar-refractivity contribution in [1.29, 1.82) is 0 Å². The second-order valence-electron chi connectivity index (χ2n) is 10.4. The van der Waals surface area contributed by atoms with Crippen molar-refractivity contribution >= 4 is 17.4 Å². The Kier molecular flexibility index (Phi) is 8.36. The summed E-state index contributed by atoms with van der Waals surface area (Å²) in [5, 5.41) is 3.24. The molecule has 1 amide bonds. The summed E-state index contributed by atoms with van der Waals surface area (Å²) in [6, 6.07) is 6.53. The first kappa shape index (κ1) is 28.6. The van der Waals surface area contributed by atoms with E-state index in [-0.39, 0.29) is 17.9 Å². The molecule has 1 fully saturated rings. The van der Waals surface area contributed by atoms with Gasteiger partial charge in [-0.15, -0.1) is 0 Å². The summed E-state index contributed by atoms with van der Waals surface area (Å²) in [5.41, 5.74) is -3.19. The Balaban J connectivity index is 1.64. The van der Waals surface area contributed by atoms with E-state index in [2.05, 4.69) is 10.1 Å². The van der Waals surface area contributed by atoms with Gasteiger partial charge in [0.05, 0.1) is 30.5 Å². The van der Waals surface area contributed by atoms with Gasteiger partial charge in [-0.25, -0.2) is 4.79 Å².